The van der Waals surface area contributed by atoms with Gasteiger partial charge in [0.15, 0.2) is 0 Å². The standard InChI is InChI=1S/C31H25N/c1-24-17-19-25(20-18-24)21-22-31(26-11-5-3-6-12-26,27-13-7-4-8-14-27)29-23-32(2)30-16-10-9-15-28(29)30/h3-20,23H,1-2H3. The smallest absolute Gasteiger partial charge is 0.109 e. The molecule has 32 heavy (non-hydrogen) atoms. The van der Waals surface area contributed by atoms with Gasteiger partial charge in [-0.1, -0.05) is 108 Å². The van der Waals surface area contributed by atoms with Crippen molar-refractivity contribution in [2.45, 2.75) is 12.3 Å². The first-order chi connectivity index (χ1) is 15.7. The van der Waals surface area contributed by atoms with E-state index < -0.39 is 5.41 Å². The van der Waals surface area contributed by atoms with E-state index in [0.717, 1.165) is 5.56 Å². The van der Waals surface area contributed by atoms with E-state index in [4.69, 9.17) is 0 Å². The van der Waals surface area contributed by atoms with Crippen LogP contribution >= 0.6 is 0 Å². The van der Waals surface area contributed by atoms with Crippen molar-refractivity contribution in [2.75, 3.05) is 0 Å². The van der Waals surface area contributed by atoms with Gasteiger partial charge in [-0.05, 0) is 36.2 Å². The minimum absolute atomic E-state index is 0.603. The van der Waals surface area contributed by atoms with Crippen molar-refractivity contribution in [3.05, 3.63) is 143 Å². The molecule has 1 aromatic heterocycles. The molecule has 1 nitrogen and oxygen atoms in total. The maximum Gasteiger partial charge on any atom is 0.109 e. The van der Waals surface area contributed by atoms with E-state index in [1.165, 1.54) is 33.2 Å². The van der Waals surface area contributed by atoms with Gasteiger partial charge in [-0.3, -0.25) is 0 Å². The maximum absolute atomic E-state index is 3.76. The largest absolute Gasteiger partial charge is 0.350 e. The monoisotopic (exact) mass is 411 g/mol. The Hall–Kier alpha value is -4.02. The van der Waals surface area contributed by atoms with Gasteiger partial charge in [0.25, 0.3) is 0 Å². The molecular weight excluding hydrogens is 386 g/mol. The normalized spacial score (nSPS) is 11.2. The molecule has 0 N–H and O–H groups in total. The zero-order valence-electron chi connectivity index (χ0n) is 18.4. The number of rotatable bonds is 3. The predicted octanol–water partition coefficient (Wildman–Crippen LogP) is 6.87. The maximum atomic E-state index is 3.76. The molecule has 0 saturated carbocycles. The molecule has 1 heteroatoms. The number of hydrogen-bond acceptors (Lipinski definition) is 0. The van der Waals surface area contributed by atoms with Crippen LogP contribution in [0.4, 0.5) is 0 Å². The summed E-state index contributed by atoms with van der Waals surface area (Å²) in [5.41, 5.74) is 6.40. The Balaban J connectivity index is 1.88. The number of hydrogen-bond donors (Lipinski definition) is 0. The predicted molar refractivity (Wildman–Crippen MR) is 134 cm³/mol. The zero-order valence-corrected chi connectivity index (χ0v) is 18.4. The molecule has 4 aromatic carbocycles. The number of aryl methyl sites for hydroxylation is 2. The van der Waals surface area contributed by atoms with Crippen molar-refractivity contribution in [1.29, 1.82) is 0 Å². The number of benzene rings is 4. The Morgan fingerprint density at radius 1 is 0.656 bits per heavy atom. The molecule has 1 heterocycles. The van der Waals surface area contributed by atoms with Crippen LogP contribution in [0.25, 0.3) is 10.9 Å². The Morgan fingerprint density at radius 2 is 1.22 bits per heavy atom. The van der Waals surface area contributed by atoms with E-state index in [2.05, 4.69) is 146 Å². The lowest BCUT2D eigenvalue weighted by Crippen LogP contribution is -2.27. The summed E-state index contributed by atoms with van der Waals surface area (Å²) in [6, 6.07) is 38.3. The summed E-state index contributed by atoms with van der Waals surface area (Å²) in [6.07, 6.45) is 2.24. The molecule has 0 aliphatic carbocycles. The first-order valence-electron chi connectivity index (χ1n) is 10.9. The molecule has 0 saturated heterocycles. The lowest BCUT2D eigenvalue weighted by atomic mass is 9.69. The second-order valence-corrected chi connectivity index (χ2v) is 8.27. The van der Waals surface area contributed by atoms with Gasteiger partial charge in [0.1, 0.15) is 5.41 Å². The molecule has 5 rings (SSSR count). The molecule has 0 radical (unpaired) electrons. The highest BCUT2D eigenvalue weighted by molar-refractivity contribution is 5.88. The molecule has 0 atom stereocenters. The van der Waals surface area contributed by atoms with Crippen LogP contribution < -0.4 is 0 Å². The van der Waals surface area contributed by atoms with Crippen LogP contribution in [-0.4, -0.2) is 4.57 Å². The number of nitrogens with zero attached hydrogens (tertiary/aromatic N) is 1. The molecule has 5 aromatic rings. The van der Waals surface area contributed by atoms with Crippen molar-refractivity contribution < 1.29 is 0 Å². The van der Waals surface area contributed by atoms with E-state index in [-0.39, 0.29) is 0 Å². The van der Waals surface area contributed by atoms with Gasteiger partial charge in [0.2, 0.25) is 0 Å². The Morgan fingerprint density at radius 3 is 1.84 bits per heavy atom. The number of aromatic nitrogens is 1. The minimum Gasteiger partial charge on any atom is -0.350 e. The topological polar surface area (TPSA) is 4.93 Å². The van der Waals surface area contributed by atoms with Gasteiger partial charge < -0.3 is 4.57 Å². The minimum atomic E-state index is -0.603. The summed E-state index contributed by atoms with van der Waals surface area (Å²) < 4.78 is 2.21. The number of para-hydroxylation sites is 1. The SMILES string of the molecule is Cc1ccc(C#CC(c2ccccc2)(c2ccccc2)c2cn(C)c3ccccc23)cc1. The summed E-state index contributed by atoms with van der Waals surface area (Å²) in [5, 5.41) is 1.22. The van der Waals surface area contributed by atoms with Crippen LogP contribution in [0.3, 0.4) is 0 Å². The van der Waals surface area contributed by atoms with Crippen molar-refractivity contribution in [3.63, 3.8) is 0 Å². The molecule has 0 aliphatic heterocycles. The summed E-state index contributed by atoms with van der Waals surface area (Å²) >= 11 is 0. The first kappa shape index (κ1) is 19.9. The average molecular weight is 412 g/mol. The Labute approximate surface area is 190 Å². The van der Waals surface area contributed by atoms with Gasteiger partial charge in [-0.25, -0.2) is 0 Å². The fraction of sp³-hybridized carbons (Fsp3) is 0.0968. The fourth-order valence-corrected chi connectivity index (χ4v) is 4.51. The summed E-state index contributed by atoms with van der Waals surface area (Å²) in [7, 11) is 2.11. The summed E-state index contributed by atoms with van der Waals surface area (Å²) in [4.78, 5) is 0. The van der Waals surface area contributed by atoms with E-state index in [0.29, 0.717) is 0 Å². The highest BCUT2D eigenvalue weighted by Crippen LogP contribution is 2.42. The molecule has 154 valence electrons. The first-order valence-corrected chi connectivity index (χ1v) is 10.9. The summed E-state index contributed by atoms with van der Waals surface area (Å²) in [5.74, 6) is 7.28. The van der Waals surface area contributed by atoms with Crippen molar-refractivity contribution in [3.8, 4) is 11.8 Å². The highest BCUT2D eigenvalue weighted by Gasteiger charge is 2.37. The van der Waals surface area contributed by atoms with Crippen LogP contribution in [0.1, 0.15) is 27.8 Å². The van der Waals surface area contributed by atoms with Crippen molar-refractivity contribution in [1.82, 2.24) is 4.57 Å². The van der Waals surface area contributed by atoms with Gasteiger partial charge in [-0.2, -0.15) is 0 Å². The van der Waals surface area contributed by atoms with Crippen LogP contribution in [0.15, 0.2) is 115 Å². The third-order valence-corrected chi connectivity index (χ3v) is 6.16. The van der Waals surface area contributed by atoms with E-state index in [1.807, 2.05) is 0 Å². The lowest BCUT2D eigenvalue weighted by Gasteiger charge is -2.30. The van der Waals surface area contributed by atoms with E-state index in [1.54, 1.807) is 0 Å². The molecule has 0 aliphatic rings. The van der Waals surface area contributed by atoms with Gasteiger partial charge in [-0.15, -0.1) is 0 Å². The molecule has 0 amide bonds. The molecule has 0 bridgehead atoms. The van der Waals surface area contributed by atoms with Crippen LogP contribution in [0.5, 0.6) is 0 Å². The highest BCUT2D eigenvalue weighted by atomic mass is 14.9. The molecular formula is C31H25N. The third-order valence-electron chi connectivity index (χ3n) is 6.16. The van der Waals surface area contributed by atoms with Gasteiger partial charge in [0, 0.05) is 35.3 Å². The molecule has 0 spiro atoms. The average Bonchev–Trinajstić information content (AvgIpc) is 3.19. The number of fused-ring (bicyclic) bond motifs is 1. The quantitative estimate of drug-likeness (QED) is 0.285. The second-order valence-electron chi connectivity index (χ2n) is 8.27. The Bertz CT molecular complexity index is 1370. The van der Waals surface area contributed by atoms with Crippen molar-refractivity contribution >= 4 is 10.9 Å². The van der Waals surface area contributed by atoms with Crippen molar-refractivity contribution in [2.24, 2.45) is 7.05 Å². The van der Waals surface area contributed by atoms with Crippen LogP contribution in [0, 0.1) is 18.8 Å². The van der Waals surface area contributed by atoms with E-state index >= 15 is 0 Å². The molecule has 0 fully saturated rings. The third kappa shape index (κ3) is 3.41. The van der Waals surface area contributed by atoms with Gasteiger partial charge in [0.05, 0.1) is 0 Å². The lowest BCUT2D eigenvalue weighted by molar-refractivity contribution is 0.806. The van der Waals surface area contributed by atoms with E-state index in [9.17, 15) is 0 Å². The zero-order chi connectivity index (χ0) is 22.0. The second kappa shape index (κ2) is 8.25. The van der Waals surface area contributed by atoms with Gasteiger partial charge >= 0.3 is 0 Å². The molecule has 0 unspecified atom stereocenters. The van der Waals surface area contributed by atoms with Crippen LogP contribution in [-0.2, 0) is 12.5 Å². The van der Waals surface area contributed by atoms with Crippen LogP contribution in [0.2, 0.25) is 0 Å². The Kier molecular flexibility index (Phi) is 5.13. The fourth-order valence-electron chi connectivity index (χ4n) is 4.51. The summed E-state index contributed by atoms with van der Waals surface area (Å²) in [6.45, 7) is 2.10.